The number of rotatable bonds is 4. The lowest BCUT2D eigenvalue weighted by Gasteiger charge is -2.32. The van der Waals surface area contributed by atoms with Gasteiger partial charge in [0.25, 0.3) is 5.91 Å². The molecule has 0 spiro atoms. The SMILES string of the molecule is Cc1cnc(CC2CCCN(C(=O)c3n[nH]c4ccccc34)C2)n1C(C)C. The number of aromatic nitrogens is 4. The van der Waals surface area contributed by atoms with Crippen LogP contribution < -0.4 is 0 Å². The second kappa shape index (κ2) is 7.18. The van der Waals surface area contributed by atoms with E-state index in [0.717, 1.165) is 49.1 Å². The maximum absolute atomic E-state index is 13.1. The monoisotopic (exact) mass is 365 g/mol. The number of carbonyl (C=O) groups is 1. The topological polar surface area (TPSA) is 66.8 Å². The van der Waals surface area contributed by atoms with Gasteiger partial charge in [-0.25, -0.2) is 4.98 Å². The van der Waals surface area contributed by atoms with Crippen LogP contribution in [0.15, 0.2) is 30.5 Å². The third kappa shape index (κ3) is 3.36. The number of aryl methyl sites for hydroxylation is 1. The number of likely N-dealkylation sites (tertiary alicyclic amines) is 1. The molecule has 6 heteroatoms. The van der Waals surface area contributed by atoms with Crippen LogP contribution in [0, 0.1) is 12.8 Å². The lowest BCUT2D eigenvalue weighted by atomic mass is 9.94. The van der Waals surface area contributed by atoms with Crippen molar-refractivity contribution in [1.82, 2.24) is 24.6 Å². The molecule has 1 unspecified atom stereocenters. The second-order valence-electron chi connectivity index (χ2n) is 7.86. The lowest BCUT2D eigenvalue weighted by molar-refractivity contribution is 0.0667. The first-order valence-electron chi connectivity index (χ1n) is 9.79. The molecule has 1 N–H and O–H groups in total. The number of carbonyl (C=O) groups excluding carboxylic acids is 1. The number of nitrogens with zero attached hydrogens (tertiary/aromatic N) is 4. The Bertz CT molecular complexity index is 955. The number of piperidine rings is 1. The molecule has 0 saturated carbocycles. The molecule has 0 aliphatic carbocycles. The van der Waals surface area contributed by atoms with E-state index in [1.807, 2.05) is 35.4 Å². The van der Waals surface area contributed by atoms with E-state index in [-0.39, 0.29) is 5.91 Å². The molecule has 1 aliphatic rings. The number of hydrogen-bond acceptors (Lipinski definition) is 3. The number of fused-ring (bicyclic) bond motifs is 1. The fourth-order valence-electron chi connectivity index (χ4n) is 4.30. The molecule has 1 saturated heterocycles. The molecule has 27 heavy (non-hydrogen) atoms. The standard InChI is InChI=1S/C21H27N5O/c1-14(2)26-15(3)12-22-19(26)11-16-7-6-10-25(13-16)21(27)20-17-8-4-5-9-18(17)23-24-20/h4-5,8-9,12,14,16H,6-7,10-11,13H2,1-3H3,(H,23,24). The van der Waals surface area contributed by atoms with Crippen molar-refractivity contribution in [2.75, 3.05) is 13.1 Å². The van der Waals surface area contributed by atoms with Gasteiger partial charge in [-0.15, -0.1) is 0 Å². The molecule has 1 fully saturated rings. The van der Waals surface area contributed by atoms with Gasteiger partial charge in [0.15, 0.2) is 5.69 Å². The van der Waals surface area contributed by atoms with Crippen LogP contribution in [-0.4, -0.2) is 43.6 Å². The molecular formula is C21H27N5O. The van der Waals surface area contributed by atoms with E-state index in [2.05, 4.69) is 40.5 Å². The molecule has 0 bridgehead atoms. The maximum atomic E-state index is 13.1. The highest BCUT2D eigenvalue weighted by Crippen LogP contribution is 2.25. The smallest absolute Gasteiger partial charge is 0.275 e. The van der Waals surface area contributed by atoms with Gasteiger partial charge in [-0.3, -0.25) is 9.89 Å². The van der Waals surface area contributed by atoms with Crippen LogP contribution >= 0.6 is 0 Å². The molecule has 0 radical (unpaired) electrons. The van der Waals surface area contributed by atoms with Gasteiger partial charge in [0.05, 0.1) is 5.52 Å². The number of nitrogens with one attached hydrogen (secondary N) is 1. The predicted molar refractivity (Wildman–Crippen MR) is 106 cm³/mol. The van der Waals surface area contributed by atoms with Gasteiger partial charge in [0.2, 0.25) is 0 Å². The van der Waals surface area contributed by atoms with Gasteiger partial charge < -0.3 is 9.47 Å². The number of amides is 1. The average molecular weight is 365 g/mol. The van der Waals surface area contributed by atoms with Gasteiger partial charge in [0, 0.05) is 42.8 Å². The number of benzene rings is 1. The summed E-state index contributed by atoms with van der Waals surface area (Å²) in [6.07, 6.45) is 5.03. The summed E-state index contributed by atoms with van der Waals surface area (Å²) in [5, 5.41) is 8.16. The van der Waals surface area contributed by atoms with Crippen LogP contribution in [-0.2, 0) is 6.42 Å². The third-order valence-corrected chi connectivity index (χ3v) is 5.53. The highest BCUT2D eigenvalue weighted by molar-refractivity contribution is 6.04. The summed E-state index contributed by atoms with van der Waals surface area (Å²) in [7, 11) is 0. The van der Waals surface area contributed by atoms with Crippen molar-refractivity contribution in [3.63, 3.8) is 0 Å². The van der Waals surface area contributed by atoms with E-state index in [0.29, 0.717) is 17.7 Å². The largest absolute Gasteiger partial charge is 0.337 e. The average Bonchev–Trinajstić information content (AvgIpc) is 3.25. The minimum atomic E-state index is 0.0283. The van der Waals surface area contributed by atoms with E-state index in [1.165, 1.54) is 5.69 Å². The van der Waals surface area contributed by atoms with Crippen LogP contribution in [0.3, 0.4) is 0 Å². The van der Waals surface area contributed by atoms with Crippen molar-refractivity contribution in [2.45, 2.75) is 46.1 Å². The van der Waals surface area contributed by atoms with Crippen molar-refractivity contribution in [1.29, 1.82) is 0 Å². The first kappa shape index (κ1) is 17.8. The van der Waals surface area contributed by atoms with Gasteiger partial charge in [-0.05, 0) is 45.6 Å². The lowest BCUT2D eigenvalue weighted by Crippen LogP contribution is -2.41. The van der Waals surface area contributed by atoms with Crippen molar-refractivity contribution in [3.8, 4) is 0 Å². The highest BCUT2D eigenvalue weighted by Gasteiger charge is 2.28. The van der Waals surface area contributed by atoms with Crippen molar-refractivity contribution in [3.05, 3.63) is 47.7 Å². The highest BCUT2D eigenvalue weighted by atomic mass is 16.2. The number of imidazole rings is 1. The van der Waals surface area contributed by atoms with Crippen LogP contribution in [0.2, 0.25) is 0 Å². The van der Waals surface area contributed by atoms with E-state index in [9.17, 15) is 4.79 Å². The van der Waals surface area contributed by atoms with Crippen LogP contribution in [0.25, 0.3) is 10.9 Å². The fourth-order valence-corrected chi connectivity index (χ4v) is 4.30. The molecule has 4 rings (SSSR count). The minimum absolute atomic E-state index is 0.0283. The van der Waals surface area contributed by atoms with Crippen LogP contribution in [0.1, 0.15) is 54.7 Å². The molecule has 3 aromatic rings. The Kier molecular flexibility index (Phi) is 4.72. The molecular weight excluding hydrogens is 338 g/mol. The Morgan fingerprint density at radius 2 is 2.15 bits per heavy atom. The van der Waals surface area contributed by atoms with Crippen molar-refractivity contribution < 1.29 is 4.79 Å². The number of H-pyrrole nitrogens is 1. The Balaban J connectivity index is 1.51. The van der Waals surface area contributed by atoms with E-state index < -0.39 is 0 Å². The Morgan fingerprint density at radius 3 is 2.96 bits per heavy atom. The van der Waals surface area contributed by atoms with Gasteiger partial charge in [-0.1, -0.05) is 18.2 Å². The quantitative estimate of drug-likeness (QED) is 0.766. The predicted octanol–water partition coefficient (Wildman–Crippen LogP) is 3.74. The Hall–Kier alpha value is -2.63. The summed E-state index contributed by atoms with van der Waals surface area (Å²) in [5.74, 6) is 1.60. The second-order valence-corrected chi connectivity index (χ2v) is 7.86. The summed E-state index contributed by atoms with van der Waals surface area (Å²) in [6.45, 7) is 8.06. The zero-order valence-electron chi connectivity index (χ0n) is 16.3. The summed E-state index contributed by atoms with van der Waals surface area (Å²) < 4.78 is 2.31. The van der Waals surface area contributed by atoms with Crippen molar-refractivity contribution in [2.24, 2.45) is 5.92 Å². The molecule has 1 aliphatic heterocycles. The first-order valence-corrected chi connectivity index (χ1v) is 9.79. The van der Waals surface area contributed by atoms with Gasteiger partial charge in [-0.2, -0.15) is 5.10 Å². The van der Waals surface area contributed by atoms with E-state index in [1.54, 1.807) is 0 Å². The molecule has 2 aromatic heterocycles. The van der Waals surface area contributed by atoms with Crippen LogP contribution in [0.4, 0.5) is 0 Å². The third-order valence-electron chi connectivity index (χ3n) is 5.53. The molecule has 142 valence electrons. The Labute approximate surface area is 159 Å². The summed E-state index contributed by atoms with van der Waals surface area (Å²) in [5.41, 5.74) is 2.64. The molecule has 1 aromatic carbocycles. The Morgan fingerprint density at radius 1 is 1.33 bits per heavy atom. The molecule has 6 nitrogen and oxygen atoms in total. The number of hydrogen-bond donors (Lipinski definition) is 1. The zero-order chi connectivity index (χ0) is 19.0. The molecule has 1 amide bonds. The van der Waals surface area contributed by atoms with E-state index in [4.69, 9.17) is 0 Å². The van der Waals surface area contributed by atoms with Gasteiger partial charge >= 0.3 is 0 Å². The number of para-hydroxylation sites is 1. The normalized spacial score (nSPS) is 17.8. The van der Waals surface area contributed by atoms with Crippen molar-refractivity contribution >= 4 is 16.8 Å². The van der Waals surface area contributed by atoms with Crippen LogP contribution in [0.5, 0.6) is 0 Å². The fraction of sp³-hybridized carbons (Fsp3) is 0.476. The maximum Gasteiger partial charge on any atom is 0.275 e. The first-order chi connectivity index (χ1) is 13.0. The minimum Gasteiger partial charge on any atom is -0.337 e. The molecule has 3 heterocycles. The van der Waals surface area contributed by atoms with Gasteiger partial charge in [0.1, 0.15) is 5.82 Å². The molecule has 1 atom stereocenters. The summed E-state index contributed by atoms with van der Waals surface area (Å²) >= 11 is 0. The summed E-state index contributed by atoms with van der Waals surface area (Å²) in [4.78, 5) is 19.7. The van der Waals surface area contributed by atoms with E-state index >= 15 is 0 Å². The number of aromatic amines is 1. The zero-order valence-corrected chi connectivity index (χ0v) is 16.3. The summed E-state index contributed by atoms with van der Waals surface area (Å²) in [6, 6.07) is 8.20.